The van der Waals surface area contributed by atoms with Crippen LogP contribution in [-0.4, -0.2) is 42.7 Å². The number of ether oxygens (including phenoxy) is 1. The summed E-state index contributed by atoms with van der Waals surface area (Å²) in [4.78, 5) is 0. The normalized spacial score (nSPS) is 35.1. The molecule has 2 heterocycles. The second kappa shape index (κ2) is 5.65. The lowest BCUT2D eigenvalue weighted by Gasteiger charge is -2.41. The van der Waals surface area contributed by atoms with Crippen LogP contribution in [0.5, 0.6) is 0 Å². The highest BCUT2D eigenvalue weighted by molar-refractivity contribution is 7.99. The van der Waals surface area contributed by atoms with E-state index in [1.54, 1.807) is 0 Å². The van der Waals surface area contributed by atoms with Crippen molar-refractivity contribution in [1.82, 2.24) is 5.32 Å². The predicted octanol–water partition coefficient (Wildman–Crippen LogP) is 2.29. The number of thioether (sulfide) groups is 1. The molecule has 2 atom stereocenters. The summed E-state index contributed by atoms with van der Waals surface area (Å²) in [6.07, 6.45) is 0.305. The van der Waals surface area contributed by atoms with Gasteiger partial charge in [-0.3, -0.25) is 0 Å². The molecule has 5 heteroatoms. The quantitative estimate of drug-likeness (QED) is 0.828. The minimum absolute atomic E-state index is 0.0153. The molecule has 2 saturated heterocycles. The summed E-state index contributed by atoms with van der Waals surface area (Å²) < 4.78 is 30.1. The molecule has 1 spiro atoms. The first-order valence-corrected chi connectivity index (χ1v) is 7.12. The number of hydrogen-bond acceptors (Lipinski definition) is 3. The molecule has 0 aliphatic carbocycles. The first-order chi connectivity index (χ1) is 7.73. The molecule has 1 N–H and O–H groups in total. The number of morpholine rings is 1. The van der Waals surface area contributed by atoms with Crippen molar-refractivity contribution in [2.45, 2.75) is 43.8 Å². The summed E-state index contributed by atoms with van der Waals surface area (Å²) in [7, 11) is 0. The number of rotatable bonds is 4. The van der Waals surface area contributed by atoms with E-state index < -0.39 is 6.43 Å². The minimum atomic E-state index is -2.17. The number of alkyl halides is 2. The topological polar surface area (TPSA) is 21.3 Å². The molecule has 0 bridgehead atoms. The highest BCUT2D eigenvalue weighted by Gasteiger charge is 2.44. The van der Waals surface area contributed by atoms with E-state index in [-0.39, 0.29) is 18.1 Å². The molecular weight excluding hydrogens is 232 g/mol. The van der Waals surface area contributed by atoms with Gasteiger partial charge >= 0.3 is 0 Å². The molecule has 2 fully saturated rings. The molecule has 0 aromatic carbocycles. The van der Waals surface area contributed by atoms with Gasteiger partial charge in [-0.25, -0.2) is 8.78 Å². The number of hydrogen-bond donors (Lipinski definition) is 1. The van der Waals surface area contributed by atoms with Gasteiger partial charge in [0.1, 0.15) is 0 Å². The third kappa shape index (κ3) is 2.87. The van der Waals surface area contributed by atoms with Crippen LogP contribution >= 0.6 is 11.8 Å². The van der Waals surface area contributed by atoms with E-state index in [2.05, 4.69) is 5.32 Å². The Morgan fingerprint density at radius 1 is 1.50 bits per heavy atom. The molecule has 16 heavy (non-hydrogen) atoms. The van der Waals surface area contributed by atoms with Gasteiger partial charge < -0.3 is 10.1 Å². The van der Waals surface area contributed by atoms with Crippen molar-refractivity contribution in [2.75, 3.05) is 24.7 Å². The van der Waals surface area contributed by atoms with E-state index in [0.717, 1.165) is 37.5 Å². The predicted molar refractivity (Wildman–Crippen MR) is 62.3 cm³/mol. The molecule has 2 unspecified atom stereocenters. The van der Waals surface area contributed by atoms with Crippen LogP contribution in [0.25, 0.3) is 0 Å². The Morgan fingerprint density at radius 2 is 2.38 bits per heavy atom. The Morgan fingerprint density at radius 3 is 3.06 bits per heavy atom. The van der Waals surface area contributed by atoms with Crippen LogP contribution in [0.3, 0.4) is 0 Å². The van der Waals surface area contributed by atoms with E-state index in [1.165, 1.54) is 0 Å². The Balaban J connectivity index is 1.84. The van der Waals surface area contributed by atoms with Crippen LogP contribution in [0.1, 0.15) is 25.7 Å². The molecule has 0 saturated carbocycles. The van der Waals surface area contributed by atoms with Crippen LogP contribution in [0.2, 0.25) is 0 Å². The Labute approximate surface area is 99.5 Å². The number of nitrogens with one attached hydrogen (secondary N) is 1. The first kappa shape index (κ1) is 12.6. The Kier molecular flexibility index (Phi) is 4.44. The molecular formula is C11H19F2NOS. The standard InChI is InChI=1S/C11H19F2NOS/c12-10(13)3-1-2-9-11(4-7-16-8-11)15-6-5-14-9/h9-10,14H,1-8H2. The lowest BCUT2D eigenvalue weighted by Crippen LogP contribution is -2.58. The van der Waals surface area contributed by atoms with Crippen molar-refractivity contribution in [3.8, 4) is 0 Å². The molecule has 2 nitrogen and oxygen atoms in total. The smallest absolute Gasteiger partial charge is 0.238 e. The van der Waals surface area contributed by atoms with Crippen LogP contribution < -0.4 is 5.32 Å². The van der Waals surface area contributed by atoms with Crippen molar-refractivity contribution in [1.29, 1.82) is 0 Å². The second-order valence-electron chi connectivity index (χ2n) is 4.54. The van der Waals surface area contributed by atoms with E-state index in [4.69, 9.17) is 4.74 Å². The van der Waals surface area contributed by atoms with E-state index >= 15 is 0 Å². The average Bonchev–Trinajstić information content (AvgIpc) is 2.70. The molecule has 0 aromatic rings. The number of halogens is 2. The fourth-order valence-electron chi connectivity index (χ4n) is 2.57. The van der Waals surface area contributed by atoms with E-state index in [9.17, 15) is 8.78 Å². The highest BCUT2D eigenvalue weighted by Crippen LogP contribution is 2.37. The maximum absolute atomic E-state index is 12.1. The van der Waals surface area contributed by atoms with Gasteiger partial charge in [-0.2, -0.15) is 11.8 Å². The van der Waals surface area contributed by atoms with Gasteiger partial charge in [0.15, 0.2) is 0 Å². The van der Waals surface area contributed by atoms with Crippen LogP contribution in [0, 0.1) is 0 Å². The third-order valence-corrected chi connectivity index (χ3v) is 4.63. The zero-order chi connectivity index (χ0) is 11.4. The van der Waals surface area contributed by atoms with Gasteiger partial charge in [0.25, 0.3) is 0 Å². The van der Waals surface area contributed by atoms with Gasteiger partial charge in [-0.15, -0.1) is 0 Å². The van der Waals surface area contributed by atoms with Gasteiger partial charge in [-0.1, -0.05) is 0 Å². The largest absolute Gasteiger partial charge is 0.371 e. The molecule has 2 aliphatic rings. The van der Waals surface area contributed by atoms with Crippen molar-refractivity contribution in [3.05, 3.63) is 0 Å². The molecule has 2 aliphatic heterocycles. The van der Waals surface area contributed by atoms with Crippen LogP contribution in [0.15, 0.2) is 0 Å². The summed E-state index contributed by atoms with van der Waals surface area (Å²) in [6.45, 7) is 1.61. The average molecular weight is 251 g/mol. The minimum Gasteiger partial charge on any atom is -0.371 e. The van der Waals surface area contributed by atoms with E-state index in [1.807, 2.05) is 11.8 Å². The zero-order valence-corrected chi connectivity index (χ0v) is 10.2. The van der Waals surface area contributed by atoms with E-state index in [0.29, 0.717) is 6.42 Å². The van der Waals surface area contributed by atoms with Crippen molar-refractivity contribution in [2.24, 2.45) is 0 Å². The third-order valence-electron chi connectivity index (χ3n) is 3.45. The molecule has 0 amide bonds. The monoisotopic (exact) mass is 251 g/mol. The summed E-state index contributed by atoms with van der Waals surface area (Å²) in [5.74, 6) is 2.15. The van der Waals surface area contributed by atoms with Crippen LogP contribution in [-0.2, 0) is 4.74 Å². The maximum atomic E-state index is 12.1. The summed E-state index contributed by atoms with van der Waals surface area (Å²) in [5, 5.41) is 3.44. The molecule has 94 valence electrons. The fraction of sp³-hybridized carbons (Fsp3) is 1.00. The van der Waals surface area contributed by atoms with Gasteiger partial charge in [0, 0.05) is 24.8 Å². The van der Waals surface area contributed by atoms with Gasteiger partial charge in [0.05, 0.1) is 12.2 Å². The van der Waals surface area contributed by atoms with Crippen molar-refractivity contribution in [3.63, 3.8) is 0 Å². The Hall–Kier alpha value is 0.130. The molecule has 0 aromatic heterocycles. The first-order valence-electron chi connectivity index (χ1n) is 5.96. The van der Waals surface area contributed by atoms with Gasteiger partial charge in [0.2, 0.25) is 6.43 Å². The van der Waals surface area contributed by atoms with Gasteiger partial charge in [-0.05, 0) is 25.0 Å². The fourth-order valence-corrected chi connectivity index (χ4v) is 3.97. The maximum Gasteiger partial charge on any atom is 0.238 e. The summed E-state index contributed by atoms with van der Waals surface area (Å²) in [6, 6.07) is 0.273. The summed E-state index contributed by atoms with van der Waals surface area (Å²) in [5.41, 5.74) is -0.0644. The SMILES string of the molecule is FC(F)CCCC1NCCOC12CCSC2. The Bertz CT molecular complexity index is 222. The van der Waals surface area contributed by atoms with Crippen molar-refractivity contribution < 1.29 is 13.5 Å². The molecule has 0 radical (unpaired) electrons. The zero-order valence-electron chi connectivity index (χ0n) is 9.38. The highest BCUT2D eigenvalue weighted by atomic mass is 32.2. The summed E-state index contributed by atoms with van der Waals surface area (Å²) >= 11 is 1.91. The van der Waals surface area contributed by atoms with Crippen molar-refractivity contribution >= 4 is 11.8 Å². The lowest BCUT2D eigenvalue weighted by molar-refractivity contribution is -0.0810. The lowest BCUT2D eigenvalue weighted by atomic mass is 9.88. The van der Waals surface area contributed by atoms with Crippen LogP contribution in [0.4, 0.5) is 8.78 Å². The molecule has 2 rings (SSSR count). The second-order valence-corrected chi connectivity index (χ2v) is 5.65.